The first-order chi connectivity index (χ1) is 17.7. The van der Waals surface area contributed by atoms with Crippen LogP contribution in [-0.4, -0.2) is 41.1 Å². The van der Waals surface area contributed by atoms with Crippen molar-refractivity contribution in [1.82, 2.24) is 15.1 Å². The number of aromatic nitrogens is 2. The molecule has 0 saturated carbocycles. The predicted molar refractivity (Wildman–Crippen MR) is 132 cm³/mol. The standard InChI is InChI=1S/C26H21F4N3O4.CH4/c1-15(32-25(34)26(28,29)30)24(16-2-9-22-23(13-16)36-11-10-35-22)37-20-7-8-21-17(12-20)14-31-33(21)19-5-3-18(27)4-6-19;/h2-9,12-15,24H,10-11H2,1H3,(H,32,34);1H4/t15-,24-;/m0./s1. The van der Waals surface area contributed by atoms with E-state index >= 15 is 0 Å². The Morgan fingerprint density at radius 3 is 2.45 bits per heavy atom. The topological polar surface area (TPSA) is 74.6 Å². The van der Waals surface area contributed by atoms with Crippen LogP contribution in [0.15, 0.2) is 66.9 Å². The quantitative estimate of drug-likeness (QED) is 0.321. The molecule has 38 heavy (non-hydrogen) atoms. The molecule has 1 aliphatic rings. The molecule has 0 radical (unpaired) electrons. The zero-order valence-corrected chi connectivity index (χ0v) is 19.5. The molecule has 1 amide bonds. The first-order valence-electron chi connectivity index (χ1n) is 11.4. The number of hydrogen-bond donors (Lipinski definition) is 1. The molecule has 0 saturated heterocycles. The van der Waals surface area contributed by atoms with Crippen molar-refractivity contribution in [3.8, 4) is 22.9 Å². The van der Waals surface area contributed by atoms with Crippen LogP contribution in [0.2, 0.25) is 0 Å². The third-order valence-electron chi connectivity index (χ3n) is 5.84. The minimum atomic E-state index is -5.04. The lowest BCUT2D eigenvalue weighted by molar-refractivity contribution is -0.174. The molecule has 200 valence electrons. The number of hydrogen-bond acceptors (Lipinski definition) is 5. The van der Waals surface area contributed by atoms with E-state index in [0.29, 0.717) is 52.6 Å². The van der Waals surface area contributed by atoms with Crippen LogP contribution < -0.4 is 19.5 Å². The predicted octanol–water partition coefficient (Wildman–Crippen LogP) is 5.76. The minimum absolute atomic E-state index is 0. The van der Waals surface area contributed by atoms with E-state index < -0.39 is 24.2 Å². The van der Waals surface area contributed by atoms with Crippen molar-refractivity contribution in [3.05, 3.63) is 78.2 Å². The highest BCUT2D eigenvalue weighted by atomic mass is 19.4. The molecule has 0 aliphatic carbocycles. The van der Waals surface area contributed by atoms with Crippen molar-refractivity contribution < 1.29 is 36.6 Å². The lowest BCUT2D eigenvalue weighted by Crippen LogP contribution is -2.45. The molecule has 1 aliphatic heterocycles. The Balaban J connectivity index is 0.00000336. The van der Waals surface area contributed by atoms with E-state index in [2.05, 4.69) is 5.10 Å². The second kappa shape index (κ2) is 10.6. The van der Waals surface area contributed by atoms with Gasteiger partial charge >= 0.3 is 12.1 Å². The molecule has 4 aromatic rings. The van der Waals surface area contributed by atoms with E-state index in [1.54, 1.807) is 59.4 Å². The summed E-state index contributed by atoms with van der Waals surface area (Å²) in [5.41, 5.74) is 1.86. The van der Waals surface area contributed by atoms with Crippen LogP contribution in [0, 0.1) is 5.82 Å². The molecule has 0 bridgehead atoms. The first-order valence-corrected chi connectivity index (χ1v) is 11.4. The monoisotopic (exact) mass is 531 g/mol. The molecular weight excluding hydrogens is 506 g/mol. The van der Waals surface area contributed by atoms with Gasteiger partial charge in [-0.1, -0.05) is 13.5 Å². The number of alkyl halides is 3. The Hall–Kier alpha value is -4.28. The van der Waals surface area contributed by atoms with Crippen molar-refractivity contribution in [1.29, 1.82) is 0 Å². The van der Waals surface area contributed by atoms with Gasteiger partial charge in [-0.15, -0.1) is 0 Å². The second-order valence-corrected chi connectivity index (χ2v) is 8.45. The molecule has 5 rings (SSSR count). The molecule has 1 N–H and O–H groups in total. The van der Waals surface area contributed by atoms with E-state index in [-0.39, 0.29) is 13.2 Å². The Bertz CT molecular complexity index is 1440. The van der Waals surface area contributed by atoms with Gasteiger partial charge in [0, 0.05) is 5.39 Å². The van der Waals surface area contributed by atoms with Crippen LogP contribution in [0.5, 0.6) is 17.2 Å². The van der Waals surface area contributed by atoms with E-state index in [1.807, 2.05) is 5.32 Å². The van der Waals surface area contributed by atoms with Crippen molar-refractivity contribution in [2.24, 2.45) is 0 Å². The number of fused-ring (bicyclic) bond motifs is 2. The molecule has 0 spiro atoms. The number of carbonyl (C=O) groups is 1. The summed E-state index contributed by atoms with van der Waals surface area (Å²) in [4.78, 5) is 11.7. The summed E-state index contributed by atoms with van der Waals surface area (Å²) in [5.74, 6) is -1.15. The zero-order chi connectivity index (χ0) is 26.2. The fourth-order valence-electron chi connectivity index (χ4n) is 4.08. The molecule has 0 fully saturated rings. The van der Waals surface area contributed by atoms with Gasteiger partial charge in [-0.2, -0.15) is 18.3 Å². The molecule has 1 aromatic heterocycles. The van der Waals surface area contributed by atoms with Gasteiger partial charge in [0.1, 0.15) is 30.9 Å². The number of benzene rings is 3. The van der Waals surface area contributed by atoms with Gasteiger partial charge in [-0.25, -0.2) is 9.07 Å². The number of rotatable bonds is 6. The third kappa shape index (κ3) is 5.51. The molecule has 3 aromatic carbocycles. The van der Waals surface area contributed by atoms with Crippen molar-refractivity contribution in [2.45, 2.75) is 32.7 Å². The van der Waals surface area contributed by atoms with Crippen LogP contribution in [-0.2, 0) is 4.79 Å². The van der Waals surface area contributed by atoms with E-state index in [4.69, 9.17) is 14.2 Å². The lowest BCUT2D eigenvalue weighted by atomic mass is 10.0. The maximum Gasteiger partial charge on any atom is 0.471 e. The molecular formula is C27H25F4N3O4. The number of halogens is 4. The van der Waals surface area contributed by atoms with Gasteiger partial charge in [0.05, 0.1) is 23.4 Å². The SMILES string of the molecule is C.C[C@H](NC(=O)C(F)(F)F)[C@H](Oc1ccc2c(cnn2-c2ccc(F)cc2)c1)c1ccc2c(c1)OCCO2. The van der Waals surface area contributed by atoms with Crippen LogP contribution in [0.1, 0.15) is 26.0 Å². The van der Waals surface area contributed by atoms with Gasteiger partial charge in [-0.3, -0.25) is 4.79 Å². The normalized spacial score (nSPS) is 14.3. The van der Waals surface area contributed by atoms with Crippen LogP contribution in [0.4, 0.5) is 17.6 Å². The Kier molecular flexibility index (Phi) is 7.47. The van der Waals surface area contributed by atoms with Gasteiger partial charge in [0.15, 0.2) is 11.5 Å². The average molecular weight is 532 g/mol. The zero-order valence-electron chi connectivity index (χ0n) is 19.5. The molecule has 11 heteroatoms. The van der Waals surface area contributed by atoms with E-state index in [9.17, 15) is 22.4 Å². The van der Waals surface area contributed by atoms with Crippen molar-refractivity contribution >= 4 is 16.8 Å². The Morgan fingerprint density at radius 2 is 1.74 bits per heavy atom. The van der Waals surface area contributed by atoms with Crippen LogP contribution in [0.3, 0.4) is 0 Å². The summed E-state index contributed by atoms with van der Waals surface area (Å²) in [6, 6.07) is 14.8. The molecule has 0 unspecified atom stereocenters. The van der Waals surface area contributed by atoms with E-state index in [1.165, 1.54) is 19.1 Å². The van der Waals surface area contributed by atoms with Gasteiger partial charge in [0.25, 0.3) is 0 Å². The van der Waals surface area contributed by atoms with Crippen molar-refractivity contribution in [3.63, 3.8) is 0 Å². The highest BCUT2D eigenvalue weighted by Gasteiger charge is 2.40. The average Bonchev–Trinajstić information content (AvgIpc) is 3.30. The minimum Gasteiger partial charge on any atom is -0.486 e. The number of amides is 1. The van der Waals surface area contributed by atoms with Gasteiger partial charge in [-0.05, 0) is 67.1 Å². The van der Waals surface area contributed by atoms with Crippen molar-refractivity contribution in [2.75, 3.05) is 13.2 Å². The number of carbonyl (C=O) groups excluding carboxylic acids is 1. The third-order valence-corrected chi connectivity index (χ3v) is 5.84. The largest absolute Gasteiger partial charge is 0.486 e. The first kappa shape index (κ1) is 26.8. The second-order valence-electron chi connectivity index (χ2n) is 8.45. The van der Waals surface area contributed by atoms with Crippen LogP contribution in [0.25, 0.3) is 16.6 Å². The number of nitrogens with zero attached hydrogens (tertiary/aromatic N) is 2. The van der Waals surface area contributed by atoms with Gasteiger partial charge < -0.3 is 19.5 Å². The molecule has 7 nitrogen and oxygen atoms in total. The smallest absolute Gasteiger partial charge is 0.471 e. The Morgan fingerprint density at radius 1 is 1.03 bits per heavy atom. The summed E-state index contributed by atoms with van der Waals surface area (Å²) in [6.45, 7) is 2.14. The highest BCUT2D eigenvalue weighted by molar-refractivity contribution is 5.82. The van der Waals surface area contributed by atoms with E-state index in [0.717, 1.165) is 0 Å². The fraction of sp³-hybridized carbons (Fsp3) is 0.259. The maximum atomic E-state index is 13.3. The van der Waals surface area contributed by atoms with Gasteiger partial charge in [0.2, 0.25) is 0 Å². The summed E-state index contributed by atoms with van der Waals surface area (Å²) >= 11 is 0. The summed E-state index contributed by atoms with van der Waals surface area (Å²) in [7, 11) is 0. The fourth-order valence-corrected chi connectivity index (χ4v) is 4.08. The maximum absolute atomic E-state index is 13.3. The number of nitrogens with one attached hydrogen (secondary N) is 1. The summed E-state index contributed by atoms with van der Waals surface area (Å²) in [6.07, 6.45) is -4.44. The number of ether oxygens (including phenoxy) is 3. The summed E-state index contributed by atoms with van der Waals surface area (Å²) in [5, 5.41) is 7.02. The molecule has 2 atom stereocenters. The molecule has 2 heterocycles. The highest BCUT2D eigenvalue weighted by Crippen LogP contribution is 2.36. The summed E-state index contributed by atoms with van der Waals surface area (Å²) < 4.78 is 71.1. The van der Waals surface area contributed by atoms with Crippen LogP contribution >= 0.6 is 0 Å². The Labute approximate surface area is 215 Å². The lowest BCUT2D eigenvalue weighted by Gasteiger charge is -2.28.